The van der Waals surface area contributed by atoms with Crippen LogP contribution >= 0.6 is 0 Å². The quantitative estimate of drug-likeness (QED) is 0.114. The van der Waals surface area contributed by atoms with Gasteiger partial charge in [0.15, 0.2) is 0 Å². The summed E-state index contributed by atoms with van der Waals surface area (Å²) in [6, 6.07) is 138. The van der Waals surface area contributed by atoms with E-state index in [2.05, 4.69) is 398 Å². The molecule has 2 aliphatic carbocycles. The third kappa shape index (κ3) is 9.25. The summed E-state index contributed by atoms with van der Waals surface area (Å²) in [7, 11) is 0. The summed E-state index contributed by atoms with van der Waals surface area (Å²) < 4.78 is 2.43. The number of fused-ring (bicyclic) bond motifs is 9. The van der Waals surface area contributed by atoms with Gasteiger partial charge in [-0.2, -0.15) is 0 Å². The van der Waals surface area contributed by atoms with Crippen molar-refractivity contribution in [2.24, 2.45) is 0 Å². The Bertz CT molecular complexity index is 5310. The van der Waals surface area contributed by atoms with Crippen molar-refractivity contribution < 1.29 is 0 Å². The molecular weight excluding hydrogens is 1170 g/mol. The molecule has 0 fully saturated rings. The van der Waals surface area contributed by atoms with E-state index in [-0.39, 0.29) is 0 Å². The highest BCUT2D eigenvalue weighted by molar-refractivity contribution is 6.12. The van der Waals surface area contributed by atoms with Crippen molar-refractivity contribution in [3.05, 3.63) is 426 Å². The van der Waals surface area contributed by atoms with Gasteiger partial charge in [-0.05, 0) is 212 Å². The Morgan fingerprint density at radius 2 is 0.515 bits per heavy atom. The zero-order valence-electron chi connectivity index (χ0n) is 54.1. The molecule has 0 N–H and O–H groups in total. The van der Waals surface area contributed by atoms with Gasteiger partial charge in [-0.1, -0.05) is 272 Å². The van der Waals surface area contributed by atoms with E-state index in [0.717, 1.165) is 62.0 Å². The molecule has 0 saturated heterocycles. The van der Waals surface area contributed by atoms with Crippen LogP contribution in [0.5, 0.6) is 0 Å². The average molecular weight is 1240 g/mol. The summed E-state index contributed by atoms with van der Waals surface area (Å²) in [6.45, 7) is 4.45. The molecular formula is C94H67N3. The molecule has 0 saturated carbocycles. The molecule has 2 aliphatic rings. The van der Waals surface area contributed by atoms with Crippen LogP contribution in [-0.4, -0.2) is 4.57 Å². The largest absolute Gasteiger partial charge is 0.311 e. The van der Waals surface area contributed by atoms with E-state index in [1.165, 1.54) is 99.8 Å². The molecule has 16 aromatic rings. The predicted octanol–water partition coefficient (Wildman–Crippen LogP) is 24.4. The Kier molecular flexibility index (Phi) is 13.8. The van der Waals surface area contributed by atoms with Gasteiger partial charge < -0.3 is 14.4 Å². The van der Waals surface area contributed by atoms with Gasteiger partial charge in [-0.25, -0.2) is 0 Å². The Hall–Kier alpha value is -12.3. The van der Waals surface area contributed by atoms with Crippen LogP contribution in [0.2, 0.25) is 0 Å². The van der Waals surface area contributed by atoms with Crippen LogP contribution in [0.1, 0.15) is 55.6 Å². The topological polar surface area (TPSA) is 11.4 Å². The smallest absolute Gasteiger partial charge is 0.0714 e. The Balaban J connectivity index is 0.817. The fourth-order valence-corrected chi connectivity index (χ4v) is 16.4. The first kappa shape index (κ1) is 57.4. The molecule has 0 atom stereocenters. The maximum atomic E-state index is 2.51. The Labute approximate surface area is 567 Å². The standard InChI is InChI=1S/C94H67N3/c1-64-38-52-81-83-54-50-79(62-89(83)93(87(81)58-64,70-26-12-4-13-27-70)71-28-14-5-15-29-71)96(80-51-55-84-82-53-39-65(2)59-88(82)94(90(84)63-80,72-30-16-6-17-31-72)73-32-18-7-19-33-73)76-44-40-67(41-45-76)69-43-57-92-86(61-69)85-60-68(66-24-10-3-11-25-66)42-56-91(85)97(92)78-48-46-77(47-49-78)95(74-34-20-8-21-35-74)75-36-22-9-23-37-75/h3-63H,1-2H3. The van der Waals surface area contributed by atoms with Crippen molar-refractivity contribution in [3.8, 4) is 50.2 Å². The first-order valence-electron chi connectivity index (χ1n) is 33.7. The maximum Gasteiger partial charge on any atom is 0.0714 e. The van der Waals surface area contributed by atoms with Crippen molar-refractivity contribution in [2.45, 2.75) is 24.7 Å². The molecule has 0 radical (unpaired) electrons. The molecule has 0 amide bonds. The number of hydrogen-bond acceptors (Lipinski definition) is 2. The van der Waals surface area contributed by atoms with Crippen LogP contribution < -0.4 is 9.80 Å². The summed E-state index contributed by atoms with van der Waals surface area (Å²) in [5, 5.41) is 2.40. The second-order valence-corrected chi connectivity index (χ2v) is 26.1. The molecule has 3 nitrogen and oxygen atoms in total. The lowest BCUT2D eigenvalue weighted by Gasteiger charge is -2.36. The van der Waals surface area contributed by atoms with Crippen molar-refractivity contribution in [1.29, 1.82) is 0 Å². The number of para-hydroxylation sites is 2. The van der Waals surface area contributed by atoms with Gasteiger partial charge in [-0.15, -0.1) is 0 Å². The van der Waals surface area contributed by atoms with E-state index in [1.54, 1.807) is 0 Å². The molecule has 97 heavy (non-hydrogen) atoms. The van der Waals surface area contributed by atoms with Gasteiger partial charge in [0.05, 0.1) is 21.9 Å². The lowest BCUT2D eigenvalue weighted by molar-refractivity contribution is 0.766. The normalized spacial score (nSPS) is 13.0. The third-order valence-electron chi connectivity index (χ3n) is 20.6. The zero-order valence-corrected chi connectivity index (χ0v) is 54.1. The molecule has 0 aliphatic heterocycles. The lowest BCUT2D eigenvalue weighted by atomic mass is 9.67. The first-order chi connectivity index (χ1) is 47.9. The number of aromatic nitrogens is 1. The van der Waals surface area contributed by atoms with Crippen LogP contribution in [0.3, 0.4) is 0 Å². The monoisotopic (exact) mass is 1240 g/mol. The van der Waals surface area contributed by atoms with Gasteiger partial charge in [0.1, 0.15) is 0 Å². The summed E-state index contributed by atoms with van der Waals surface area (Å²) in [5.74, 6) is 0. The van der Waals surface area contributed by atoms with Crippen LogP contribution in [0.4, 0.5) is 34.1 Å². The van der Waals surface area contributed by atoms with Crippen molar-refractivity contribution in [2.75, 3.05) is 9.80 Å². The van der Waals surface area contributed by atoms with E-state index in [1.807, 2.05) is 0 Å². The molecule has 1 aromatic heterocycles. The number of benzene rings is 15. The molecule has 18 rings (SSSR count). The summed E-state index contributed by atoms with van der Waals surface area (Å²) in [4.78, 5) is 4.83. The molecule has 15 aromatic carbocycles. The van der Waals surface area contributed by atoms with Crippen molar-refractivity contribution >= 4 is 55.9 Å². The molecule has 3 heteroatoms. The van der Waals surface area contributed by atoms with Crippen molar-refractivity contribution in [1.82, 2.24) is 4.57 Å². The number of anilines is 6. The predicted molar refractivity (Wildman–Crippen MR) is 405 cm³/mol. The van der Waals surface area contributed by atoms with Gasteiger partial charge in [0, 0.05) is 50.6 Å². The van der Waals surface area contributed by atoms with Gasteiger partial charge in [0.2, 0.25) is 0 Å². The SMILES string of the molecule is Cc1ccc2c(c1)C(c1ccccc1)(c1ccccc1)c1cc(N(c3ccc(-c4ccc5c(c4)c4cc(-c6ccccc6)ccc4n5-c4ccc(N(c5ccccc5)c5ccccc5)cc4)cc3)c3ccc4c(c3)C(c3ccccc3)(c3ccccc3)c3cc(C)ccc3-4)ccc1-2. The summed E-state index contributed by atoms with van der Waals surface area (Å²) in [6.07, 6.45) is 0. The number of nitrogens with zero attached hydrogens (tertiary/aromatic N) is 3. The van der Waals surface area contributed by atoms with Gasteiger partial charge in [0.25, 0.3) is 0 Å². The fraction of sp³-hybridized carbons (Fsp3) is 0.0426. The third-order valence-corrected chi connectivity index (χ3v) is 20.6. The van der Waals surface area contributed by atoms with Crippen LogP contribution in [0, 0.1) is 13.8 Å². The second kappa shape index (κ2) is 23.3. The molecule has 0 bridgehead atoms. The highest BCUT2D eigenvalue weighted by Gasteiger charge is 2.48. The van der Waals surface area contributed by atoms with Crippen molar-refractivity contribution in [3.63, 3.8) is 0 Å². The fourth-order valence-electron chi connectivity index (χ4n) is 16.4. The Morgan fingerprint density at radius 1 is 0.227 bits per heavy atom. The highest BCUT2D eigenvalue weighted by Crippen LogP contribution is 2.60. The van der Waals surface area contributed by atoms with Crippen LogP contribution in [0.25, 0.3) is 72.0 Å². The zero-order chi connectivity index (χ0) is 64.6. The number of hydrogen-bond donors (Lipinski definition) is 0. The summed E-state index contributed by atoms with van der Waals surface area (Å²) >= 11 is 0. The van der Waals surface area contributed by atoms with E-state index in [9.17, 15) is 0 Å². The number of aryl methyl sites for hydroxylation is 2. The molecule has 0 unspecified atom stereocenters. The number of rotatable bonds is 13. The Morgan fingerprint density at radius 3 is 0.907 bits per heavy atom. The van der Waals surface area contributed by atoms with E-state index in [0.29, 0.717) is 0 Å². The van der Waals surface area contributed by atoms with Gasteiger partial charge in [-0.3, -0.25) is 0 Å². The van der Waals surface area contributed by atoms with Crippen LogP contribution in [0.15, 0.2) is 370 Å². The average Bonchev–Trinajstić information content (AvgIpc) is 1.56. The second-order valence-electron chi connectivity index (χ2n) is 26.1. The maximum absolute atomic E-state index is 2.51. The molecule has 0 spiro atoms. The first-order valence-corrected chi connectivity index (χ1v) is 33.7. The lowest BCUT2D eigenvalue weighted by Crippen LogP contribution is -2.29. The van der Waals surface area contributed by atoms with Crippen LogP contribution in [-0.2, 0) is 10.8 Å². The molecule has 458 valence electrons. The highest BCUT2D eigenvalue weighted by atomic mass is 15.1. The van der Waals surface area contributed by atoms with E-state index < -0.39 is 10.8 Å². The molecule has 1 heterocycles. The summed E-state index contributed by atoms with van der Waals surface area (Å²) in [5.41, 5.74) is 31.0. The van der Waals surface area contributed by atoms with Gasteiger partial charge >= 0.3 is 0 Å². The minimum absolute atomic E-state index is 0.600. The minimum atomic E-state index is -0.600. The minimum Gasteiger partial charge on any atom is -0.311 e. The van der Waals surface area contributed by atoms with E-state index >= 15 is 0 Å². The van der Waals surface area contributed by atoms with E-state index in [4.69, 9.17) is 0 Å².